The predicted molar refractivity (Wildman–Crippen MR) is 108 cm³/mol. The van der Waals surface area contributed by atoms with Crippen LogP contribution in [0.25, 0.3) is 0 Å². The smallest absolute Gasteiger partial charge is 0.250 e. The first-order valence-corrected chi connectivity index (χ1v) is 9.78. The Morgan fingerprint density at radius 2 is 1.77 bits per heavy atom. The third-order valence-electron chi connectivity index (χ3n) is 6.41. The van der Waals surface area contributed by atoms with E-state index < -0.39 is 41.3 Å². The fourth-order valence-corrected chi connectivity index (χ4v) is 5.09. The summed E-state index contributed by atoms with van der Waals surface area (Å²) in [5.74, 6) is -2.51. The van der Waals surface area contributed by atoms with E-state index in [1.165, 1.54) is 7.11 Å². The number of para-hydroxylation sites is 1. The summed E-state index contributed by atoms with van der Waals surface area (Å²) in [5, 5.41) is 16.4. The second-order valence-corrected chi connectivity index (χ2v) is 7.93. The summed E-state index contributed by atoms with van der Waals surface area (Å²) in [6, 6.07) is 13.0. The van der Waals surface area contributed by atoms with Gasteiger partial charge in [-0.25, -0.2) is 4.90 Å². The summed E-state index contributed by atoms with van der Waals surface area (Å²) in [7, 11) is 1.53. The van der Waals surface area contributed by atoms with Crippen molar-refractivity contribution in [3.05, 3.63) is 54.1 Å². The zero-order valence-corrected chi connectivity index (χ0v) is 16.5. The zero-order chi connectivity index (χ0) is 21.2. The molecule has 0 aromatic heterocycles. The SMILES string of the molecule is COc1ccc(N2C(=O)[C@H]3[C@@H](C2=O)[C@]2(N[C@H]3C(C)O)C(=O)Nc3ccccc32)cc1. The average molecular weight is 407 g/mol. The van der Waals surface area contributed by atoms with Crippen molar-refractivity contribution >= 4 is 29.1 Å². The lowest BCUT2D eigenvalue weighted by atomic mass is 9.76. The molecule has 3 aliphatic heterocycles. The van der Waals surface area contributed by atoms with Gasteiger partial charge in [-0.1, -0.05) is 18.2 Å². The van der Waals surface area contributed by atoms with Crippen LogP contribution in [0.5, 0.6) is 5.75 Å². The quantitative estimate of drug-likeness (QED) is 0.656. The summed E-state index contributed by atoms with van der Waals surface area (Å²) >= 11 is 0. The van der Waals surface area contributed by atoms with Gasteiger partial charge in [0.2, 0.25) is 17.7 Å². The Kier molecular flexibility index (Phi) is 4.00. The van der Waals surface area contributed by atoms with Crippen molar-refractivity contribution in [2.75, 3.05) is 17.3 Å². The molecule has 2 fully saturated rings. The minimum absolute atomic E-state index is 0.389. The molecule has 2 saturated heterocycles. The number of rotatable bonds is 3. The molecule has 0 aliphatic carbocycles. The minimum atomic E-state index is -1.41. The highest BCUT2D eigenvalue weighted by atomic mass is 16.5. The molecule has 0 saturated carbocycles. The summed E-state index contributed by atoms with van der Waals surface area (Å²) in [6.45, 7) is 1.56. The van der Waals surface area contributed by atoms with Crippen molar-refractivity contribution in [3.8, 4) is 5.75 Å². The number of fused-ring (bicyclic) bond motifs is 4. The molecule has 5 atom stereocenters. The van der Waals surface area contributed by atoms with E-state index in [0.717, 1.165) is 4.90 Å². The number of ether oxygens (including phenoxy) is 1. The van der Waals surface area contributed by atoms with Gasteiger partial charge < -0.3 is 15.2 Å². The fourth-order valence-electron chi connectivity index (χ4n) is 5.09. The molecule has 30 heavy (non-hydrogen) atoms. The number of aliphatic hydroxyl groups is 1. The number of hydrogen-bond acceptors (Lipinski definition) is 6. The van der Waals surface area contributed by atoms with Gasteiger partial charge in [0.1, 0.15) is 11.3 Å². The normalized spacial score (nSPS) is 30.4. The van der Waals surface area contributed by atoms with Crippen molar-refractivity contribution in [3.63, 3.8) is 0 Å². The molecule has 3 aliphatic rings. The lowest BCUT2D eigenvalue weighted by molar-refractivity contribution is -0.130. The van der Waals surface area contributed by atoms with Crippen LogP contribution in [0.3, 0.4) is 0 Å². The van der Waals surface area contributed by atoms with Crippen LogP contribution in [0.4, 0.5) is 11.4 Å². The van der Waals surface area contributed by atoms with Crippen molar-refractivity contribution in [1.29, 1.82) is 0 Å². The van der Waals surface area contributed by atoms with Gasteiger partial charge in [0.25, 0.3) is 0 Å². The Hall–Kier alpha value is -3.23. The molecule has 0 bridgehead atoms. The average Bonchev–Trinajstić information content (AvgIpc) is 3.33. The maximum Gasteiger partial charge on any atom is 0.250 e. The fraction of sp³-hybridized carbons (Fsp3) is 0.318. The molecule has 1 spiro atoms. The van der Waals surface area contributed by atoms with Gasteiger partial charge in [0, 0.05) is 17.3 Å². The van der Waals surface area contributed by atoms with E-state index in [1.807, 2.05) is 0 Å². The van der Waals surface area contributed by atoms with Crippen LogP contribution in [0.1, 0.15) is 12.5 Å². The highest BCUT2D eigenvalue weighted by Crippen LogP contribution is 2.53. The number of nitrogens with one attached hydrogen (secondary N) is 2. The van der Waals surface area contributed by atoms with Crippen molar-refractivity contribution < 1.29 is 24.2 Å². The third-order valence-corrected chi connectivity index (χ3v) is 6.41. The number of carbonyl (C=O) groups is 3. The molecule has 3 N–H and O–H groups in total. The summed E-state index contributed by atoms with van der Waals surface area (Å²) < 4.78 is 5.15. The molecule has 2 aromatic rings. The van der Waals surface area contributed by atoms with Gasteiger partial charge in [0.05, 0.1) is 30.7 Å². The van der Waals surface area contributed by atoms with E-state index in [0.29, 0.717) is 22.7 Å². The van der Waals surface area contributed by atoms with Crippen LogP contribution >= 0.6 is 0 Å². The Morgan fingerprint density at radius 3 is 2.43 bits per heavy atom. The lowest BCUT2D eigenvalue weighted by Gasteiger charge is -2.30. The molecule has 3 heterocycles. The van der Waals surface area contributed by atoms with Gasteiger partial charge in [0.15, 0.2) is 0 Å². The van der Waals surface area contributed by atoms with Crippen LogP contribution in [-0.4, -0.2) is 42.1 Å². The molecule has 3 amide bonds. The largest absolute Gasteiger partial charge is 0.497 e. The van der Waals surface area contributed by atoms with Gasteiger partial charge in [-0.15, -0.1) is 0 Å². The Balaban J connectivity index is 1.65. The summed E-state index contributed by atoms with van der Waals surface area (Å²) in [4.78, 5) is 41.3. The van der Waals surface area contributed by atoms with E-state index in [2.05, 4.69) is 10.6 Å². The lowest BCUT2D eigenvalue weighted by Crippen LogP contribution is -2.54. The van der Waals surface area contributed by atoms with E-state index in [-0.39, 0.29) is 5.91 Å². The number of aliphatic hydroxyl groups excluding tert-OH is 1. The van der Waals surface area contributed by atoms with E-state index in [4.69, 9.17) is 4.74 Å². The maximum absolute atomic E-state index is 13.6. The van der Waals surface area contributed by atoms with E-state index in [1.54, 1.807) is 55.5 Å². The number of methoxy groups -OCH3 is 1. The summed E-state index contributed by atoms with van der Waals surface area (Å²) in [5.41, 5.74) is 0.220. The second kappa shape index (κ2) is 6.38. The molecule has 154 valence electrons. The number of hydrogen-bond donors (Lipinski definition) is 3. The number of carbonyl (C=O) groups excluding carboxylic acids is 3. The number of amides is 3. The molecule has 2 aromatic carbocycles. The van der Waals surface area contributed by atoms with Gasteiger partial charge in [-0.3, -0.25) is 19.7 Å². The van der Waals surface area contributed by atoms with Crippen LogP contribution < -0.4 is 20.3 Å². The van der Waals surface area contributed by atoms with Gasteiger partial charge >= 0.3 is 0 Å². The first-order valence-electron chi connectivity index (χ1n) is 9.78. The number of anilines is 2. The topological polar surface area (TPSA) is 108 Å². The monoisotopic (exact) mass is 407 g/mol. The number of benzene rings is 2. The highest BCUT2D eigenvalue weighted by molar-refractivity contribution is 6.25. The van der Waals surface area contributed by atoms with Crippen LogP contribution in [-0.2, 0) is 19.9 Å². The van der Waals surface area contributed by atoms with E-state index in [9.17, 15) is 19.5 Å². The molecule has 8 nitrogen and oxygen atoms in total. The van der Waals surface area contributed by atoms with Crippen molar-refractivity contribution in [1.82, 2.24) is 5.32 Å². The Morgan fingerprint density at radius 1 is 1.07 bits per heavy atom. The van der Waals surface area contributed by atoms with Crippen LogP contribution in [0, 0.1) is 11.8 Å². The molecule has 5 rings (SSSR count). The Bertz CT molecular complexity index is 1070. The summed E-state index contributed by atoms with van der Waals surface area (Å²) in [6.07, 6.45) is -0.940. The number of nitrogens with zero attached hydrogens (tertiary/aromatic N) is 1. The van der Waals surface area contributed by atoms with Crippen LogP contribution in [0.2, 0.25) is 0 Å². The van der Waals surface area contributed by atoms with Gasteiger partial charge in [-0.05, 0) is 37.3 Å². The van der Waals surface area contributed by atoms with Crippen LogP contribution in [0.15, 0.2) is 48.5 Å². The van der Waals surface area contributed by atoms with E-state index >= 15 is 0 Å². The maximum atomic E-state index is 13.6. The molecular weight excluding hydrogens is 386 g/mol. The highest BCUT2D eigenvalue weighted by Gasteiger charge is 2.71. The third kappa shape index (κ3) is 2.26. The molecule has 8 heteroatoms. The first-order chi connectivity index (χ1) is 14.4. The number of imide groups is 1. The van der Waals surface area contributed by atoms with Gasteiger partial charge in [-0.2, -0.15) is 0 Å². The standard InChI is InChI=1S/C22H21N3O5/c1-11(26)18-16-17(22(24-18)14-5-3-4-6-15(14)23-21(22)29)20(28)25(19(16)27)12-7-9-13(30-2)10-8-12/h3-11,16-18,24,26H,1-2H3,(H,23,29)/t11?,16-,17-,18-,22-/m0/s1. The first kappa shape index (κ1) is 18.8. The van der Waals surface area contributed by atoms with Crippen molar-refractivity contribution in [2.45, 2.75) is 24.6 Å². The zero-order valence-electron chi connectivity index (χ0n) is 16.5. The minimum Gasteiger partial charge on any atom is -0.497 e. The second-order valence-electron chi connectivity index (χ2n) is 7.93. The molecule has 1 unspecified atom stereocenters. The molecule has 0 radical (unpaired) electrons. The molecular formula is C22H21N3O5. The Labute approximate surface area is 172 Å². The van der Waals surface area contributed by atoms with Crippen molar-refractivity contribution in [2.24, 2.45) is 11.8 Å². The predicted octanol–water partition coefficient (Wildman–Crippen LogP) is 1.00.